The highest BCUT2D eigenvalue weighted by Crippen LogP contribution is 2.31. The Bertz CT molecular complexity index is 506. The van der Waals surface area contributed by atoms with E-state index in [0.29, 0.717) is 6.42 Å². The molecule has 0 spiro atoms. The third kappa shape index (κ3) is 4.71. The zero-order valence-electron chi connectivity index (χ0n) is 13.0. The second-order valence-corrected chi connectivity index (χ2v) is 5.87. The summed E-state index contributed by atoms with van der Waals surface area (Å²) in [6.45, 7) is 2.22. The van der Waals surface area contributed by atoms with Crippen LogP contribution in [0.2, 0.25) is 0 Å². The van der Waals surface area contributed by atoms with Crippen LogP contribution in [0.4, 0.5) is 0 Å². The van der Waals surface area contributed by atoms with Crippen molar-refractivity contribution in [2.24, 2.45) is 0 Å². The second-order valence-electron chi connectivity index (χ2n) is 5.87. The molecule has 0 amide bonds. The molecule has 0 bridgehead atoms. The molecule has 0 radical (unpaired) electrons. The molecule has 0 heterocycles. The lowest BCUT2D eigenvalue weighted by Crippen LogP contribution is -2.28. The van der Waals surface area contributed by atoms with Gasteiger partial charge in [0.2, 0.25) is 0 Å². The topological polar surface area (TPSA) is 20.2 Å². The van der Waals surface area contributed by atoms with E-state index in [2.05, 4.69) is 19.1 Å². The third-order valence-corrected chi connectivity index (χ3v) is 4.09. The predicted octanol–water partition coefficient (Wildman–Crippen LogP) is 5.09. The standard InChI is InChI=1S/C20H26O/c1-2-3-4-11-16-20(21,19-14-9-6-10-15-19)17-18-12-7-5-8-13-18/h5-10,12-15,21H,2-4,11,16-17H2,1H3. The van der Waals surface area contributed by atoms with E-state index in [1.807, 2.05) is 48.5 Å². The summed E-state index contributed by atoms with van der Waals surface area (Å²) in [6, 6.07) is 20.4. The zero-order chi connectivity index (χ0) is 15.0. The molecule has 1 unspecified atom stereocenters. The van der Waals surface area contributed by atoms with Gasteiger partial charge in [-0.3, -0.25) is 0 Å². The number of hydrogen-bond acceptors (Lipinski definition) is 1. The molecule has 0 saturated carbocycles. The van der Waals surface area contributed by atoms with Crippen molar-refractivity contribution in [3.05, 3.63) is 71.8 Å². The van der Waals surface area contributed by atoms with Crippen LogP contribution in [0.15, 0.2) is 60.7 Å². The summed E-state index contributed by atoms with van der Waals surface area (Å²) >= 11 is 0. The summed E-state index contributed by atoms with van der Waals surface area (Å²) in [5, 5.41) is 11.2. The Kier molecular flexibility index (Phi) is 6.01. The van der Waals surface area contributed by atoms with E-state index in [4.69, 9.17) is 0 Å². The van der Waals surface area contributed by atoms with Gasteiger partial charge in [-0.15, -0.1) is 0 Å². The first kappa shape index (κ1) is 15.8. The number of hydrogen-bond donors (Lipinski definition) is 1. The van der Waals surface area contributed by atoms with E-state index in [1.165, 1.54) is 24.8 Å². The van der Waals surface area contributed by atoms with Crippen molar-refractivity contribution >= 4 is 0 Å². The molecule has 21 heavy (non-hydrogen) atoms. The predicted molar refractivity (Wildman–Crippen MR) is 89.2 cm³/mol. The highest BCUT2D eigenvalue weighted by atomic mass is 16.3. The summed E-state index contributed by atoms with van der Waals surface area (Å²) in [4.78, 5) is 0. The Morgan fingerprint density at radius 3 is 2.05 bits per heavy atom. The lowest BCUT2D eigenvalue weighted by atomic mass is 9.83. The maximum Gasteiger partial charge on any atom is 0.0936 e. The van der Waals surface area contributed by atoms with E-state index in [9.17, 15) is 5.11 Å². The van der Waals surface area contributed by atoms with Crippen LogP contribution < -0.4 is 0 Å². The molecule has 112 valence electrons. The zero-order valence-corrected chi connectivity index (χ0v) is 13.0. The monoisotopic (exact) mass is 282 g/mol. The second kappa shape index (κ2) is 7.99. The maximum absolute atomic E-state index is 11.2. The van der Waals surface area contributed by atoms with E-state index in [1.54, 1.807) is 0 Å². The van der Waals surface area contributed by atoms with E-state index in [0.717, 1.165) is 18.4 Å². The van der Waals surface area contributed by atoms with Crippen LogP contribution in [0.5, 0.6) is 0 Å². The number of unbranched alkanes of at least 4 members (excludes halogenated alkanes) is 3. The number of rotatable bonds is 8. The first-order valence-corrected chi connectivity index (χ1v) is 8.06. The third-order valence-electron chi connectivity index (χ3n) is 4.09. The fourth-order valence-electron chi connectivity index (χ4n) is 2.86. The van der Waals surface area contributed by atoms with Gasteiger partial charge in [-0.2, -0.15) is 0 Å². The number of benzene rings is 2. The van der Waals surface area contributed by atoms with Crippen molar-refractivity contribution in [3.8, 4) is 0 Å². The molecule has 1 atom stereocenters. The molecule has 0 aromatic heterocycles. The first-order chi connectivity index (χ1) is 10.2. The van der Waals surface area contributed by atoms with Gasteiger partial charge in [0.05, 0.1) is 5.60 Å². The molecule has 0 fully saturated rings. The summed E-state index contributed by atoms with van der Waals surface area (Å²) in [5.41, 5.74) is 1.47. The quantitative estimate of drug-likeness (QED) is 0.669. The summed E-state index contributed by atoms with van der Waals surface area (Å²) in [5.74, 6) is 0. The Balaban J connectivity index is 2.13. The van der Waals surface area contributed by atoms with Crippen molar-refractivity contribution in [2.75, 3.05) is 0 Å². The van der Waals surface area contributed by atoms with Gasteiger partial charge in [0.15, 0.2) is 0 Å². The summed E-state index contributed by atoms with van der Waals surface area (Å²) < 4.78 is 0. The minimum absolute atomic E-state index is 0.685. The molecule has 1 heteroatoms. The Morgan fingerprint density at radius 2 is 1.43 bits per heavy atom. The van der Waals surface area contributed by atoms with Crippen molar-refractivity contribution < 1.29 is 5.11 Å². The van der Waals surface area contributed by atoms with Crippen LogP contribution >= 0.6 is 0 Å². The van der Waals surface area contributed by atoms with Crippen LogP contribution in [0, 0.1) is 0 Å². The normalized spacial score (nSPS) is 13.8. The lowest BCUT2D eigenvalue weighted by molar-refractivity contribution is 0.0249. The molecular formula is C20H26O. The van der Waals surface area contributed by atoms with Gasteiger partial charge in [-0.1, -0.05) is 93.3 Å². The fraction of sp³-hybridized carbons (Fsp3) is 0.400. The van der Waals surface area contributed by atoms with Crippen LogP contribution in [-0.4, -0.2) is 5.11 Å². The van der Waals surface area contributed by atoms with Gasteiger partial charge in [-0.05, 0) is 17.5 Å². The molecule has 0 aliphatic rings. The van der Waals surface area contributed by atoms with Crippen molar-refractivity contribution in [3.63, 3.8) is 0 Å². The highest BCUT2D eigenvalue weighted by Gasteiger charge is 2.28. The molecular weight excluding hydrogens is 256 g/mol. The molecule has 2 aromatic rings. The van der Waals surface area contributed by atoms with Gasteiger partial charge in [0, 0.05) is 6.42 Å². The van der Waals surface area contributed by atoms with Crippen LogP contribution in [0.25, 0.3) is 0 Å². The van der Waals surface area contributed by atoms with Crippen LogP contribution in [0.3, 0.4) is 0 Å². The van der Waals surface area contributed by atoms with Crippen molar-refractivity contribution in [2.45, 2.75) is 51.0 Å². The summed E-state index contributed by atoms with van der Waals surface area (Å²) in [7, 11) is 0. The highest BCUT2D eigenvalue weighted by molar-refractivity contribution is 5.26. The fourth-order valence-corrected chi connectivity index (χ4v) is 2.86. The molecule has 1 N–H and O–H groups in total. The molecule has 0 aliphatic heterocycles. The first-order valence-electron chi connectivity index (χ1n) is 8.06. The molecule has 0 aliphatic carbocycles. The van der Waals surface area contributed by atoms with Crippen molar-refractivity contribution in [1.29, 1.82) is 0 Å². The number of aliphatic hydroxyl groups is 1. The maximum atomic E-state index is 11.2. The lowest BCUT2D eigenvalue weighted by Gasteiger charge is -2.29. The molecule has 2 aromatic carbocycles. The smallest absolute Gasteiger partial charge is 0.0936 e. The SMILES string of the molecule is CCCCCCC(O)(Cc1ccccc1)c1ccccc1. The average Bonchev–Trinajstić information content (AvgIpc) is 2.53. The largest absolute Gasteiger partial charge is 0.385 e. The Labute approximate surface area is 128 Å². The molecule has 1 nitrogen and oxygen atoms in total. The Morgan fingerprint density at radius 1 is 0.810 bits per heavy atom. The van der Waals surface area contributed by atoms with E-state index < -0.39 is 5.60 Å². The minimum atomic E-state index is -0.754. The van der Waals surface area contributed by atoms with Crippen LogP contribution in [0.1, 0.15) is 50.2 Å². The Hall–Kier alpha value is -1.60. The molecule has 2 rings (SSSR count). The summed E-state index contributed by atoms with van der Waals surface area (Å²) in [6.07, 6.45) is 6.25. The van der Waals surface area contributed by atoms with Gasteiger partial charge < -0.3 is 5.11 Å². The minimum Gasteiger partial charge on any atom is -0.385 e. The van der Waals surface area contributed by atoms with E-state index in [-0.39, 0.29) is 0 Å². The van der Waals surface area contributed by atoms with Gasteiger partial charge >= 0.3 is 0 Å². The average molecular weight is 282 g/mol. The van der Waals surface area contributed by atoms with E-state index >= 15 is 0 Å². The van der Waals surface area contributed by atoms with Crippen molar-refractivity contribution in [1.82, 2.24) is 0 Å². The van der Waals surface area contributed by atoms with Crippen LogP contribution in [-0.2, 0) is 12.0 Å². The van der Waals surface area contributed by atoms with Gasteiger partial charge in [0.25, 0.3) is 0 Å². The molecule has 0 saturated heterocycles. The van der Waals surface area contributed by atoms with Gasteiger partial charge in [-0.25, -0.2) is 0 Å². The van der Waals surface area contributed by atoms with Gasteiger partial charge in [0.1, 0.15) is 0 Å².